The number of thiazole rings is 1. The van der Waals surface area contributed by atoms with Gasteiger partial charge in [-0.25, -0.2) is 4.98 Å². The van der Waals surface area contributed by atoms with Crippen molar-refractivity contribution in [2.75, 3.05) is 14.2 Å². The average Bonchev–Trinajstić information content (AvgIpc) is 2.82. The summed E-state index contributed by atoms with van der Waals surface area (Å²) in [5.41, 5.74) is 2.05. The van der Waals surface area contributed by atoms with Crippen molar-refractivity contribution < 1.29 is 9.47 Å². The van der Waals surface area contributed by atoms with Crippen LogP contribution in [0.4, 0.5) is 0 Å². The molecule has 96 valence electrons. The van der Waals surface area contributed by atoms with E-state index in [1.807, 2.05) is 23.6 Å². The minimum absolute atomic E-state index is 0.380. The van der Waals surface area contributed by atoms with E-state index >= 15 is 0 Å². The standard InChI is InChI=1S/C13H14BrNO2S/c1-16-13(17-2)11-8-18-12(15-11)7-9-5-3-4-6-10(9)14/h3-6,8,13H,7H2,1-2H3. The first-order chi connectivity index (χ1) is 8.74. The lowest BCUT2D eigenvalue weighted by Gasteiger charge is -2.09. The number of methoxy groups -OCH3 is 2. The molecule has 0 unspecified atom stereocenters. The highest BCUT2D eigenvalue weighted by atomic mass is 79.9. The van der Waals surface area contributed by atoms with Crippen LogP contribution >= 0.6 is 27.3 Å². The molecule has 3 nitrogen and oxygen atoms in total. The number of aromatic nitrogens is 1. The molecule has 0 amide bonds. The highest BCUT2D eigenvalue weighted by Gasteiger charge is 2.13. The fraction of sp³-hybridized carbons (Fsp3) is 0.308. The predicted octanol–water partition coefficient (Wildman–Crippen LogP) is 3.79. The number of halogens is 1. The van der Waals surface area contributed by atoms with Crippen LogP contribution in [0.3, 0.4) is 0 Å². The second-order valence-corrected chi connectivity index (χ2v) is 5.53. The third-order valence-electron chi connectivity index (χ3n) is 2.54. The van der Waals surface area contributed by atoms with E-state index in [0.29, 0.717) is 0 Å². The fourth-order valence-electron chi connectivity index (χ4n) is 1.66. The summed E-state index contributed by atoms with van der Waals surface area (Å²) in [6, 6.07) is 8.17. The van der Waals surface area contributed by atoms with Crippen LogP contribution in [0.5, 0.6) is 0 Å². The maximum absolute atomic E-state index is 5.19. The Bertz CT molecular complexity index is 511. The van der Waals surface area contributed by atoms with Gasteiger partial charge in [0.1, 0.15) is 5.69 Å². The van der Waals surface area contributed by atoms with Crippen LogP contribution in [-0.4, -0.2) is 19.2 Å². The Balaban J connectivity index is 2.14. The number of ether oxygens (including phenoxy) is 2. The van der Waals surface area contributed by atoms with Crippen molar-refractivity contribution in [3.63, 3.8) is 0 Å². The first-order valence-corrected chi connectivity index (χ1v) is 7.15. The Morgan fingerprint density at radius 2 is 2.00 bits per heavy atom. The normalized spacial score (nSPS) is 11.1. The topological polar surface area (TPSA) is 31.4 Å². The van der Waals surface area contributed by atoms with Gasteiger partial charge in [-0.05, 0) is 11.6 Å². The van der Waals surface area contributed by atoms with Crippen molar-refractivity contribution in [2.45, 2.75) is 12.7 Å². The summed E-state index contributed by atoms with van der Waals surface area (Å²) in [7, 11) is 3.22. The quantitative estimate of drug-likeness (QED) is 0.783. The van der Waals surface area contributed by atoms with E-state index in [-0.39, 0.29) is 6.29 Å². The van der Waals surface area contributed by atoms with Gasteiger partial charge in [0.05, 0.1) is 5.01 Å². The average molecular weight is 328 g/mol. The SMILES string of the molecule is COC(OC)c1csc(Cc2ccccc2Br)n1. The van der Waals surface area contributed by atoms with Gasteiger partial charge in [-0.2, -0.15) is 0 Å². The molecule has 1 aromatic carbocycles. The number of rotatable bonds is 5. The van der Waals surface area contributed by atoms with Gasteiger partial charge in [-0.3, -0.25) is 0 Å². The molecule has 0 spiro atoms. The Labute approximate surface area is 119 Å². The molecule has 0 atom stereocenters. The highest BCUT2D eigenvalue weighted by Crippen LogP contribution is 2.24. The summed E-state index contributed by atoms with van der Waals surface area (Å²) in [5, 5.41) is 3.03. The lowest BCUT2D eigenvalue weighted by atomic mass is 10.2. The largest absolute Gasteiger partial charge is 0.350 e. The molecule has 0 fully saturated rings. The number of nitrogens with zero attached hydrogens (tertiary/aromatic N) is 1. The van der Waals surface area contributed by atoms with Crippen LogP contribution in [0.25, 0.3) is 0 Å². The maximum atomic E-state index is 5.19. The van der Waals surface area contributed by atoms with E-state index in [9.17, 15) is 0 Å². The van der Waals surface area contributed by atoms with Gasteiger partial charge in [0.15, 0.2) is 0 Å². The molecule has 2 rings (SSSR count). The van der Waals surface area contributed by atoms with Gasteiger partial charge in [0, 0.05) is 30.5 Å². The number of hydrogen-bond acceptors (Lipinski definition) is 4. The van der Waals surface area contributed by atoms with Crippen LogP contribution < -0.4 is 0 Å². The molecule has 0 saturated heterocycles. The zero-order chi connectivity index (χ0) is 13.0. The lowest BCUT2D eigenvalue weighted by molar-refractivity contribution is -0.108. The van der Waals surface area contributed by atoms with E-state index in [1.54, 1.807) is 25.6 Å². The Hall–Kier alpha value is -0.750. The molecule has 0 radical (unpaired) electrons. The number of benzene rings is 1. The zero-order valence-electron chi connectivity index (χ0n) is 10.2. The Kier molecular flexibility index (Phi) is 4.88. The predicted molar refractivity (Wildman–Crippen MR) is 75.8 cm³/mol. The van der Waals surface area contributed by atoms with Crippen LogP contribution in [0.2, 0.25) is 0 Å². The fourth-order valence-corrected chi connectivity index (χ4v) is 2.90. The molecule has 1 heterocycles. The van der Waals surface area contributed by atoms with Gasteiger partial charge in [-0.1, -0.05) is 34.1 Å². The summed E-state index contributed by atoms with van der Waals surface area (Å²) >= 11 is 5.16. The molecular formula is C13H14BrNO2S. The van der Waals surface area contributed by atoms with E-state index in [2.05, 4.69) is 27.0 Å². The smallest absolute Gasteiger partial charge is 0.201 e. The van der Waals surface area contributed by atoms with Gasteiger partial charge in [0.25, 0.3) is 0 Å². The molecular weight excluding hydrogens is 314 g/mol. The first kappa shape index (κ1) is 13.7. The molecule has 0 saturated carbocycles. The third-order valence-corrected chi connectivity index (χ3v) is 4.18. The zero-order valence-corrected chi connectivity index (χ0v) is 12.6. The van der Waals surface area contributed by atoms with Crippen molar-refractivity contribution in [3.05, 3.63) is 50.4 Å². The van der Waals surface area contributed by atoms with Gasteiger partial charge in [0.2, 0.25) is 6.29 Å². The molecule has 2 aromatic rings. The van der Waals surface area contributed by atoms with E-state index in [1.165, 1.54) is 5.56 Å². The van der Waals surface area contributed by atoms with Gasteiger partial charge >= 0.3 is 0 Å². The van der Waals surface area contributed by atoms with E-state index < -0.39 is 0 Å². The second-order valence-electron chi connectivity index (χ2n) is 3.74. The van der Waals surface area contributed by atoms with Crippen molar-refractivity contribution >= 4 is 27.3 Å². The van der Waals surface area contributed by atoms with Crippen LogP contribution in [0, 0.1) is 0 Å². The summed E-state index contributed by atoms with van der Waals surface area (Å²) < 4.78 is 11.5. The summed E-state index contributed by atoms with van der Waals surface area (Å²) in [5.74, 6) is 0. The Morgan fingerprint density at radius 1 is 1.28 bits per heavy atom. The van der Waals surface area contributed by atoms with Gasteiger partial charge < -0.3 is 9.47 Å². The summed E-state index contributed by atoms with van der Waals surface area (Å²) in [6.45, 7) is 0. The molecule has 0 N–H and O–H groups in total. The van der Waals surface area contributed by atoms with Crippen LogP contribution in [0.15, 0.2) is 34.1 Å². The first-order valence-electron chi connectivity index (χ1n) is 5.48. The molecule has 0 aliphatic heterocycles. The monoisotopic (exact) mass is 327 g/mol. The summed E-state index contributed by atoms with van der Waals surface area (Å²) in [4.78, 5) is 4.54. The maximum Gasteiger partial charge on any atom is 0.201 e. The van der Waals surface area contributed by atoms with Crippen molar-refractivity contribution in [1.82, 2.24) is 4.98 Å². The van der Waals surface area contributed by atoms with E-state index in [0.717, 1.165) is 21.6 Å². The summed E-state index contributed by atoms with van der Waals surface area (Å²) in [6.07, 6.45) is 0.431. The minimum atomic E-state index is -0.380. The van der Waals surface area contributed by atoms with Crippen molar-refractivity contribution in [1.29, 1.82) is 0 Å². The minimum Gasteiger partial charge on any atom is -0.350 e. The molecule has 1 aromatic heterocycles. The Morgan fingerprint density at radius 3 is 2.67 bits per heavy atom. The van der Waals surface area contributed by atoms with Gasteiger partial charge in [-0.15, -0.1) is 11.3 Å². The molecule has 0 aliphatic carbocycles. The van der Waals surface area contributed by atoms with Crippen LogP contribution in [0.1, 0.15) is 22.6 Å². The molecule has 0 aliphatic rings. The highest BCUT2D eigenvalue weighted by molar-refractivity contribution is 9.10. The molecule has 5 heteroatoms. The lowest BCUT2D eigenvalue weighted by Crippen LogP contribution is -2.04. The van der Waals surface area contributed by atoms with Crippen molar-refractivity contribution in [3.8, 4) is 0 Å². The third kappa shape index (κ3) is 3.17. The molecule has 18 heavy (non-hydrogen) atoms. The van der Waals surface area contributed by atoms with Crippen LogP contribution in [-0.2, 0) is 15.9 Å². The molecule has 0 bridgehead atoms. The van der Waals surface area contributed by atoms with E-state index in [4.69, 9.17) is 9.47 Å². The second kappa shape index (κ2) is 6.43. The van der Waals surface area contributed by atoms with Crippen molar-refractivity contribution in [2.24, 2.45) is 0 Å². The number of hydrogen-bond donors (Lipinski definition) is 0.